The predicted molar refractivity (Wildman–Crippen MR) is 76.6 cm³/mol. The number of aryl methyl sites for hydroxylation is 1. The highest BCUT2D eigenvalue weighted by atomic mass is 16.3. The van der Waals surface area contributed by atoms with Crippen LogP contribution in [0.4, 0.5) is 16.2 Å². The minimum Gasteiger partial charge on any atom is -0.508 e. The highest BCUT2D eigenvalue weighted by Gasteiger charge is 2.03. The fourth-order valence-electron chi connectivity index (χ4n) is 1.70. The molecule has 2 amide bonds. The molecule has 0 heterocycles. The van der Waals surface area contributed by atoms with Crippen molar-refractivity contribution in [2.24, 2.45) is 0 Å². The van der Waals surface area contributed by atoms with Crippen molar-refractivity contribution in [3.63, 3.8) is 0 Å². The van der Waals surface area contributed by atoms with E-state index in [4.69, 9.17) is 0 Å². The van der Waals surface area contributed by atoms with Crippen molar-refractivity contribution in [3.05, 3.63) is 54.1 Å². The lowest BCUT2D eigenvalue weighted by Crippen LogP contribution is -2.19. The molecule has 0 aliphatic rings. The molecule has 0 atom stereocenters. The maximum atomic E-state index is 11.7. The van der Waals surface area contributed by atoms with Crippen molar-refractivity contribution in [2.75, 3.05) is 10.6 Å². The molecule has 0 spiro atoms. The van der Waals surface area contributed by atoms with Gasteiger partial charge >= 0.3 is 6.03 Å². The summed E-state index contributed by atoms with van der Waals surface area (Å²) >= 11 is 0. The number of benzene rings is 2. The topological polar surface area (TPSA) is 61.4 Å². The molecule has 3 N–H and O–H groups in total. The van der Waals surface area contributed by atoms with Gasteiger partial charge in [-0.25, -0.2) is 4.79 Å². The molecule has 4 nitrogen and oxygen atoms in total. The number of phenolic OH excluding ortho intramolecular Hbond substituents is 1. The summed E-state index contributed by atoms with van der Waals surface area (Å²) in [5.74, 6) is 0.116. The van der Waals surface area contributed by atoms with Crippen molar-refractivity contribution >= 4 is 17.4 Å². The van der Waals surface area contributed by atoms with Gasteiger partial charge in [-0.2, -0.15) is 0 Å². The van der Waals surface area contributed by atoms with Gasteiger partial charge in [0.05, 0.1) is 0 Å². The second kappa shape index (κ2) is 5.91. The number of hydrogen-bond acceptors (Lipinski definition) is 2. The van der Waals surface area contributed by atoms with Crippen LogP contribution in [0, 0.1) is 0 Å². The van der Waals surface area contributed by atoms with Crippen LogP contribution in [0.25, 0.3) is 0 Å². The van der Waals surface area contributed by atoms with Crippen LogP contribution in [0.5, 0.6) is 5.75 Å². The first-order valence-corrected chi connectivity index (χ1v) is 6.13. The first-order valence-electron chi connectivity index (χ1n) is 6.13. The molecule has 2 aromatic carbocycles. The van der Waals surface area contributed by atoms with Crippen LogP contribution in [0.3, 0.4) is 0 Å². The zero-order valence-corrected chi connectivity index (χ0v) is 10.7. The van der Waals surface area contributed by atoms with Crippen LogP contribution in [-0.2, 0) is 6.42 Å². The van der Waals surface area contributed by atoms with E-state index in [0.717, 1.165) is 12.1 Å². The SMILES string of the molecule is CCc1ccc(NC(=O)Nc2cccc(O)c2)cc1. The Bertz CT molecular complexity index is 565. The third-order valence-corrected chi connectivity index (χ3v) is 2.72. The van der Waals surface area contributed by atoms with Crippen molar-refractivity contribution in [2.45, 2.75) is 13.3 Å². The number of anilines is 2. The number of carbonyl (C=O) groups excluding carboxylic acids is 1. The molecule has 0 bridgehead atoms. The summed E-state index contributed by atoms with van der Waals surface area (Å²) in [5.41, 5.74) is 2.50. The van der Waals surface area contributed by atoms with Crippen LogP contribution in [0.1, 0.15) is 12.5 Å². The van der Waals surface area contributed by atoms with E-state index in [0.29, 0.717) is 5.69 Å². The first kappa shape index (κ1) is 13.0. The fraction of sp³-hybridized carbons (Fsp3) is 0.133. The van der Waals surface area contributed by atoms with Gasteiger partial charge in [0.1, 0.15) is 5.75 Å². The summed E-state index contributed by atoms with van der Waals surface area (Å²) in [6.07, 6.45) is 0.968. The third kappa shape index (κ3) is 3.74. The molecule has 0 aliphatic carbocycles. The van der Waals surface area contributed by atoms with E-state index in [1.54, 1.807) is 18.2 Å². The number of carbonyl (C=O) groups is 1. The maximum absolute atomic E-state index is 11.7. The van der Waals surface area contributed by atoms with Gasteiger partial charge in [-0.05, 0) is 36.2 Å². The molecule has 0 saturated carbocycles. The standard InChI is InChI=1S/C15H16N2O2/c1-2-11-6-8-12(9-7-11)16-15(19)17-13-4-3-5-14(18)10-13/h3-10,18H,2H2,1H3,(H2,16,17,19). The number of hydrogen-bond donors (Lipinski definition) is 3. The van der Waals surface area contributed by atoms with E-state index < -0.39 is 0 Å². The van der Waals surface area contributed by atoms with Crippen LogP contribution >= 0.6 is 0 Å². The van der Waals surface area contributed by atoms with E-state index in [9.17, 15) is 9.90 Å². The minimum atomic E-state index is -0.338. The largest absolute Gasteiger partial charge is 0.508 e. The average molecular weight is 256 g/mol. The third-order valence-electron chi connectivity index (χ3n) is 2.72. The van der Waals surface area contributed by atoms with Gasteiger partial charge in [0.2, 0.25) is 0 Å². The van der Waals surface area contributed by atoms with Gasteiger partial charge in [0.15, 0.2) is 0 Å². The molecule has 0 aliphatic heterocycles. The normalized spacial score (nSPS) is 9.95. The summed E-state index contributed by atoms with van der Waals surface area (Å²) < 4.78 is 0. The monoisotopic (exact) mass is 256 g/mol. The van der Waals surface area contributed by atoms with Crippen molar-refractivity contribution in [1.82, 2.24) is 0 Å². The maximum Gasteiger partial charge on any atom is 0.323 e. The van der Waals surface area contributed by atoms with Gasteiger partial charge in [0.25, 0.3) is 0 Å². The van der Waals surface area contributed by atoms with Crippen molar-refractivity contribution in [1.29, 1.82) is 0 Å². The van der Waals surface area contributed by atoms with Gasteiger partial charge < -0.3 is 15.7 Å². The Morgan fingerprint density at radius 1 is 1.05 bits per heavy atom. The Kier molecular flexibility index (Phi) is 4.03. The predicted octanol–water partition coefficient (Wildman–Crippen LogP) is 3.60. The molecule has 2 aromatic rings. The van der Waals surface area contributed by atoms with Crippen LogP contribution in [0.15, 0.2) is 48.5 Å². The first-order chi connectivity index (χ1) is 9.17. The molecule has 0 unspecified atom stereocenters. The zero-order chi connectivity index (χ0) is 13.7. The zero-order valence-electron chi connectivity index (χ0n) is 10.7. The van der Waals surface area contributed by atoms with Crippen LogP contribution < -0.4 is 10.6 Å². The molecule has 0 radical (unpaired) electrons. The molecule has 2 rings (SSSR count). The van der Waals surface area contributed by atoms with Crippen LogP contribution in [0.2, 0.25) is 0 Å². The van der Waals surface area contributed by atoms with Crippen LogP contribution in [-0.4, -0.2) is 11.1 Å². The summed E-state index contributed by atoms with van der Waals surface area (Å²) in [5, 5.41) is 14.7. The highest BCUT2D eigenvalue weighted by Crippen LogP contribution is 2.16. The number of phenols is 1. The lowest BCUT2D eigenvalue weighted by molar-refractivity contribution is 0.262. The van der Waals surface area contributed by atoms with Gasteiger partial charge in [-0.1, -0.05) is 25.1 Å². The summed E-state index contributed by atoms with van der Waals surface area (Å²) in [6.45, 7) is 2.08. The molecular formula is C15H16N2O2. The number of nitrogens with one attached hydrogen (secondary N) is 2. The lowest BCUT2D eigenvalue weighted by Gasteiger charge is -2.08. The van der Waals surface area contributed by atoms with E-state index in [1.807, 2.05) is 24.3 Å². The molecular weight excluding hydrogens is 240 g/mol. The Labute approximate surface area is 112 Å². The second-order valence-electron chi connectivity index (χ2n) is 4.18. The van der Waals surface area contributed by atoms with E-state index in [1.165, 1.54) is 11.6 Å². The quantitative estimate of drug-likeness (QED) is 0.785. The Morgan fingerprint density at radius 2 is 1.74 bits per heavy atom. The molecule has 0 aromatic heterocycles. The minimum absolute atomic E-state index is 0.116. The molecule has 0 fully saturated rings. The number of urea groups is 1. The highest BCUT2D eigenvalue weighted by molar-refractivity contribution is 5.99. The second-order valence-corrected chi connectivity index (χ2v) is 4.18. The molecule has 4 heteroatoms. The van der Waals surface area contributed by atoms with Gasteiger partial charge in [-0.3, -0.25) is 0 Å². The summed E-state index contributed by atoms with van der Waals surface area (Å²) in [7, 11) is 0. The number of aromatic hydroxyl groups is 1. The van der Waals surface area contributed by atoms with Gasteiger partial charge in [-0.15, -0.1) is 0 Å². The van der Waals surface area contributed by atoms with Gasteiger partial charge in [0, 0.05) is 17.4 Å². The van der Waals surface area contributed by atoms with E-state index in [2.05, 4.69) is 17.6 Å². The average Bonchev–Trinajstić information content (AvgIpc) is 2.39. The molecule has 0 saturated heterocycles. The molecule has 19 heavy (non-hydrogen) atoms. The molecule has 98 valence electrons. The lowest BCUT2D eigenvalue weighted by atomic mass is 10.1. The van der Waals surface area contributed by atoms with Crippen molar-refractivity contribution in [3.8, 4) is 5.75 Å². The van der Waals surface area contributed by atoms with E-state index >= 15 is 0 Å². The van der Waals surface area contributed by atoms with E-state index in [-0.39, 0.29) is 11.8 Å². The summed E-state index contributed by atoms with van der Waals surface area (Å²) in [4.78, 5) is 11.7. The number of amides is 2. The Morgan fingerprint density at radius 3 is 2.37 bits per heavy atom. The Balaban J connectivity index is 1.97. The fourth-order valence-corrected chi connectivity index (χ4v) is 1.70. The number of rotatable bonds is 3. The Hall–Kier alpha value is -2.49. The summed E-state index contributed by atoms with van der Waals surface area (Å²) in [6, 6.07) is 13.7. The van der Waals surface area contributed by atoms with Crippen molar-refractivity contribution < 1.29 is 9.90 Å². The smallest absolute Gasteiger partial charge is 0.323 e.